The van der Waals surface area contributed by atoms with E-state index in [-0.39, 0.29) is 0 Å². The number of aromatic carboxylic acids is 1. The van der Waals surface area contributed by atoms with Crippen molar-refractivity contribution < 1.29 is 9.90 Å². The molecular weight excluding hydrogens is 408 g/mol. The highest BCUT2D eigenvalue weighted by Gasteiger charge is 2.29. The zero-order valence-corrected chi connectivity index (χ0v) is 19.2. The van der Waals surface area contributed by atoms with Gasteiger partial charge in [0.25, 0.3) is 0 Å². The molecule has 31 heavy (non-hydrogen) atoms. The Hall–Kier alpha value is -2.30. The third kappa shape index (κ3) is 5.31. The van der Waals surface area contributed by atoms with Crippen LogP contribution in [0, 0.1) is 5.41 Å². The maximum atomic E-state index is 11.1. The van der Waals surface area contributed by atoms with E-state index in [0.29, 0.717) is 11.0 Å². The molecule has 1 aliphatic carbocycles. The molecule has 164 valence electrons. The second kappa shape index (κ2) is 9.05. The molecule has 1 saturated heterocycles. The van der Waals surface area contributed by atoms with Gasteiger partial charge in [-0.1, -0.05) is 43.2 Å². The molecule has 0 saturated carbocycles. The summed E-state index contributed by atoms with van der Waals surface area (Å²) in [5.41, 5.74) is 6.17. The van der Waals surface area contributed by atoms with Gasteiger partial charge in [-0.3, -0.25) is 4.90 Å². The van der Waals surface area contributed by atoms with Crippen LogP contribution in [0.3, 0.4) is 0 Å². The molecule has 0 unspecified atom stereocenters. The minimum Gasteiger partial charge on any atom is -0.478 e. The molecule has 0 bridgehead atoms. The van der Waals surface area contributed by atoms with E-state index in [4.69, 9.17) is 16.7 Å². The van der Waals surface area contributed by atoms with Gasteiger partial charge in [0.15, 0.2) is 0 Å². The minimum atomic E-state index is -0.878. The van der Waals surface area contributed by atoms with Gasteiger partial charge >= 0.3 is 5.97 Å². The average Bonchev–Trinajstić information content (AvgIpc) is 2.75. The van der Waals surface area contributed by atoms with E-state index in [1.54, 1.807) is 17.7 Å². The second-order valence-electron chi connectivity index (χ2n) is 9.55. The molecule has 0 atom stereocenters. The Kier molecular flexibility index (Phi) is 6.40. The van der Waals surface area contributed by atoms with Crippen LogP contribution in [-0.4, -0.2) is 48.7 Å². The minimum absolute atomic E-state index is 0.337. The fraction of sp³-hybridized carbons (Fsp3) is 0.423. The molecule has 1 heterocycles. The lowest BCUT2D eigenvalue weighted by molar-refractivity contribution is 0.0697. The predicted molar refractivity (Wildman–Crippen MR) is 128 cm³/mol. The van der Waals surface area contributed by atoms with Crippen molar-refractivity contribution in [2.24, 2.45) is 5.41 Å². The fourth-order valence-electron chi connectivity index (χ4n) is 4.81. The SMILES string of the molecule is CC1(C)CCC(c2ccc(Cl)cc2)=C(CN2CCN(c3ccc(C(=O)O)cc3)CC2)C1. The van der Waals surface area contributed by atoms with Crippen LogP contribution in [0.1, 0.15) is 49.0 Å². The van der Waals surface area contributed by atoms with Crippen molar-refractivity contribution in [2.75, 3.05) is 37.6 Å². The first-order valence-corrected chi connectivity index (χ1v) is 11.5. The highest BCUT2D eigenvalue weighted by molar-refractivity contribution is 6.30. The van der Waals surface area contributed by atoms with Crippen LogP contribution in [0.15, 0.2) is 54.1 Å². The number of carboxylic acids is 1. The Labute approximate surface area is 190 Å². The summed E-state index contributed by atoms with van der Waals surface area (Å²) in [6, 6.07) is 15.5. The van der Waals surface area contributed by atoms with Gasteiger partial charge in [0.05, 0.1) is 5.56 Å². The van der Waals surface area contributed by atoms with Gasteiger partial charge in [-0.05, 0) is 72.2 Å². The summed E-state index contributed by atoms with van der Waals surface area (Å²) >= 11 is 6.12. The zero-order chi connectivity index (χ0) is 22.0. The molecule has 2 aromatic rings. The number of hydrogen-bond acceptors (Lipinski definition) is 3. The maximum Gasteiger partial charge on any atom is 0.335 e. The lowest BCUT2D eigenvalue weighted by Gasteiger charge is -2.39. The van der Waals surface area contributed by atoms with E-state index in [1.807, 2.05) is 24.3 Å². The van der Waals surface area contributed by atoms with E-state index in [2.05, 4.69) is 35.8 Å². The third-order valence-electron chi connectivity index (χ3n) is 6.63. The number of halogens is 1. The van der Waals surface area contributed by atoms with E-state index >= 15 is 0 Å². The number of benzene rings is 2. The summed E-state index contributed by atoms with van der Waals surface area (Å²) < 4.78 is 0. The lowest BCUT2D eigenvalue weighted by Crippen LogP contribution is -2.47. The molecule has 1 aliphatic heterocycles. The fourth-order valence-corrected chi connectivity index (χ4v) is 4.94. The highest BCUT2D eigenvalue weighted by Crippen LogP contribution is 2.42. The van der Waals surface area contributed by atoms with Crippen molar-refractivity contribution in [1.29, 1.82) is 0 Å². The van der Waals surface area contributed by atoms with Gasteiger partial charge < -0.3 is 10.0 Å². The number of rotatable bonds is 5. The van der Waals surface area contributed by atoms with Crippen LogP contribution >= 0.6 is 11.6 Å². The molecule has 0 radical (unpaired) electrons. The standard InChI is InChI=1S/C26H31ClN2O2/c1-26(2)12-11-24(19-3-7-22(27)8-4-19)21(17-26)18-28-13-15-29(16-14-28)23-9-5-20(6-10-23)25(30)31/h3-10H,11-18H2,1-2H3,(H,30,31). The second-order valence-corrected chi connectivity index (χ2v) is 9.98. The van der Waals surface area contributed by atoms with Gasteiger partial charge in [-0.25, -0.2) is 4.79 Å². The van der Waals surface area contributed by atoms with Gasteiger partial charge in [0, 0.05) is 43.4 Å². The van der Waals surface area contributed by atoms with Crippen LogP contribution in [0.25, 0.3) is 5.57 Å². The van der Waals surface area contributed by atoms with Crippen molar-refractivity contribution in [3.05, 3.63) is 70.3 Å². The van der Waals surface area contributed by atoms with Crippen LogP contribution in [0.5, 0.6) is 0 Å². The molecule has 5 heteroatoms. The molecule has 2 aliphatic rings. The molecule has 0 amide bonds. The van der Waals surface area contributed by atoms with Crippen molar-refractivity contribution in [3.63, 3.8) is 0 Å². The largest absolute Gasteiger partial charge is 0.478 e. The van der Waals surface area contributed by atoms with Crippen LogP contribution in [0.4, 0.5) is 5.69 Å². The number of anilines is 1. The number of allylic oxidation sites excluding steroid dienone is 1. The number of piperazine rings is 1. The van der Waals surface area contributed by atoms with E-state index < -0.39 is 5.97 Å². The molecular formula is C26H31ClN2O2. The number of nitrogens with zero attached hydrogens (tertiary/aromatic N) is 2. The van der Waals surface area contributed by atoms with E-state index in [1.165, 1.54) is 17.6 Å². The molecule has 1 fully saturated rings. The Morgan fingerprint density at radius 1 is 1.00 bits per heavy atom. The highest BCUT2D eigenvalue weighted by atomic mass is 35.5. The number of hydrogen-bond donors (Lipinski definition) is 1. The molecule has 4 nitrogen and oxygen atoms in total. The summed E-state index contributed by atoms with van der Waals surface area (Å²) in [6.07, 6.45) is 3.48. The van der Waals surface area contributed by atoms with Gasteiger partial charge in [-0.15, -0.1) is 0 Å². The first-order valence-electron chi connectivity index (χ1n) is 11.1. The summed E-state index contributed by atoms with van der Waals surface area (Å²) in [7, 11) is 0. The monoisotopic (exact) mass is 438 g/mol. The van der Waals surface area contributed by atoms with E-state index in [0.717, 1.165) is 56.3 Å². The number of carboxylic acid groups (broad SMARTS) is 1. The van der Waals surface area contributed by atoms with Crippen LogP contribution in [-0.2, 0) is 0 Å². The van der Waals surface area contributed by atoms with Crippen molar-refractivity contribution in [2.45, 2.75) is 33.1 Å². The summed E-state index contributed by atoms with van der Waals surface area (Å²) in [5, 5.41) is 9.89. The van der Waals surface area contributed by atoms with Gasteiger partial charge in [-0.2, -0.15) is 0 Å². The van der Waals surface area contributed by atoms with E-state index in [9.17, 15) is 4.79 Å². The lowest BCUT2D eigenvalue weighted by atomic mass is 9.73. The third-order valence-corrected chi connectivity index (χ3v) is 6.88. The molecule has 2 aromatic carbocycles. The molecule has 0 spiro atoms. The van der Waals surface area contributed by atoms with Gasteiger partial charge in [0.1, 0.15) is 0 Å². The summed E-state index contributed by atoms with van der Waals surface area (Å²) in [6.45, 7) is 9.72. The first kappa shape index (κ1) is 21.9. The normalized spacial score (nSPS) is 19.5. The summed E-state index contributed by atoms with van der Waals surface area (Å²) in [4.78, 5) is 16.0. The Morgan fingerprint density at radius 3 is 2.26 bits per heavy atom. The van der Waals surface area contributed by atoms with Crippen molar-refractivity contribution in [1.82, 2.24) is 4.90 Å². The topological polar surface area (TPSA) is 43.8 Å². The Bertz CT molecular complexity index is 956. The van der Waals surface area contributed by atoms with Crippen molar-refractivity contribution >= 4 is 28.8 Å². The summed E-state index contributed by atoms with van der Waals surface area (Å²) in [5.74, 6) is -0.878. The first-order chi connectivity index (χ1) is 14.8. The quantitative estimate of drug-likeness (QED) is 0.638. The predicted octanol–water partition coefficient (Wildman–Crippen LogP) is 5.82. The van der Waals surface area contributed by atoms with Crippen LogP contribution < -0.4 is 4.90 Å². The van der Waals surface area contributed by atoms with Gasteiger partial charge in [0.2, 0.25) is 0 Å². The Balaban J connectivity index is 1.45. The van der Waals surface area contributed by atoms with Crippen molar-refractivity contribution in [3.8, 4) is 0 Å². The Morgan fingerprint density at radius 2 is 1.65 bits per heavy atom. The smallest absolute Gasteiger partial charge is 0.335 e. The zero-order valence-electron chi connectivity index (χ0n) is 18.4. The number of carbonyl (C=O) groups is 1. The average molecular weight is 439 g/mol. The molecule has 4 rings (SSSR count). The maximum absolute atomic E-state index is 11.1. The molecule has 1 N–H and O–H groups in total. The van der Waals surface area contributed by atoms with Crippen LogP contribution in [0.2, 0.25) is 5.02 Å². The molecule has 0 aromatic heterocycles.